The number of carbonyl (C=O) groups is 2. The van der Waals surface area contributed by atoms with Gasteiger partial charge in [0.05, 0.1) is 6.04 Å². The summed E-state index contributed by atoms with van der Waals surface area (Å²) in [6.07, 6.45) is 0.331. The summed E-state index contributed by atoms with van der Waals surface area (Å²) < 4.78 is 0. The fourth-order valence-electron chi connectivity index (χ4n) is 1.93. The van der Waals surface area contributed by atoms with E-state index in [1.807, 2.05) is 30.3 Å². The lowest BCUT2D eigenvalue weighted by atomic mass is 10.2. The van der Waals surface area contributed by atoms with Crippen LogP contribution in [-0.4, -0.2) is 30.3 Å². The molecule has 1 aromatic rings. The molecule has 1 aromatic carbocycles. The van der Waals surface area contributed by atoms with Crippen LogP contribution in [0.2, 0.25) is 0 Å². The van der Waals surface area contributed by atoms with E-state index in [0.717, 1.165) is 5.69 Å². The highest BCUT2D eigenvalue weighted by atomic mass is 35.5. The van der Waals surface area contributed by atoms with Crippen LogP contribution in [0.4, 0.5) is 5.69 Å². The molecule has 0 spiro atoms. The molecule has 90 valence electrons. The van der Waals surface area contributed by atoms with Crippen molar-refractivity contribution in [1.82, 2.24) is 5.32 Å². The Morgan fingerprint density at radius 2 is 2.12 bits per heavy atom. The number of para-hydroxylation sites is 1. The maximum absolute atomic E-state index is 11.8. The molecule has 2 amide bonds. The molecule has 4 nitrogen and oxygen atoms in total. The van der Waals surface area contributed by atoms with E-state index in [-0.39, 0.29) is 23.7 Å². The molecule has 0 bridgehead atoms. The van der Waals surface area contributed by atoms with Crippen molar-refractivity contribution in [3.63, 3.8) is 0 Å². The summed E-state index contributed by atoms with van der Waals surface area (Å²) in [5, 5.41) is 2.73. The minimum Gasteiger partial charge on any atom is -0.350 e. The van der Waals surface area contributed by atoms with E-state index >= 15 is 0 Å². The molecule has 1 heterocycles. The first-order chi connectivity index (χ1) is 8.20. The molecular weight excluding hydrogens is 240 g/mol. The lowest BCUT2D eigenvalue weighted by Crippen LogP contribution is -2.37. The summed E-state index contributed by atoms with van der Waals surface area (Å²) in [6, 6.07) is 9.28. The zero-order chi connectivity index (χ0) is 12.3. The molecule has 1 atom stereocenters. The second kappa shape index (κ2) is 5.19. The van der Waals surface area contributed by atoms with E-state index in [2.05, 4.69) is 5.32 Å². The third-order valence-electron chi connectivity index (χ3n) is 2.68. The normalized spacial score (nSPS) is 19.5. The Morgan fingerprint density at radius 3 is 2.76 bits per heavy atom. The Labute approximate surface area is 105 Å². The predicted molar refractivity (Wildman–Crippen MR) is 66.1 cm³/mol. The number of amides is 2. The minimum absolute atomic E-state index is 0.0241. The Bertz CT molecular complexity index is 422. The van der Waals surface area contributed by atoms with Crippen LogP contribution in [0.15, 0.2) is 30.3 Å². The molecule has 0 unspecified atom stereocenters. The Kier molecular flexibility index (Phi) is 3.64. The number of hydrogen-bond donors (Lipinski definition) is 1. The van der Waals surface area contributed by atoms with Crippen LogP contribution in [-0.2, 0) is 9.59 Å². The summed E-state index contributed by atoms with van der Waals surface area (Å²) in [5.74, 6) is -0.286. The maximum Gasteiger partial charge on any atom is 0.235 e. The van der Waals surface area contributed by atoms with Crippen LogP contribution in [0.1, 0.15) is 6.42 Å². The van der Waals surface area contributed by atoms with Gasteiger partial charge in [-0.3, -0.25) is 9.59 Å². The van der Waals surface area contributed by atoms with E-state index in [9.17, 15) is 9.59 Å². The van der Waals surface area contributed by atoms with Gasteiger partial charge in [0.15, 0.2) is 0 Å². The van der Waals surface area contributed by atoms with Gasteiger partial charge in [-0.05, 0) is 12.1 Å². The van der Waals surface area contributed by atoms with Gasteiger partial charge in [-0.2, -0.15) is 0 Å². The van der Waals surface area contributed by atoms with Gasteiger partial charge in [0.2, 0.25) is 11.8 Å². The SMILES string of the molecule is O=C(CCl)N[C@H]1CC(=O)N(c2ccccc2)C1. The van der Waals surface area contributed by atoms with Crippen LogP contribution >= 0.6 is 11.6 Å². The Balaban J connectivity index is 2.03. The largest absolute Gasteiger partial charge is 0.350 e. The van der Waals surface area contributed by atoms with Gasteiger partial charge in [-0.15, -0.1) is 11.6 Å². The molecule has 0 radical (unpaired) electrons. The van der Waals surface area contributed by atoms with Gasteiger partial charge in [0.25, 0.3) is 0 Å². The zero-order valence-corrected chi connectivity index (χ0v) is 9.98. The minimum atomic E-state index is -0.237. The second-order valence-electron chi connectivity index (χ2n) is 3.94. The average molecular weight is 253 g/mol. The van der Waals surface area contributed by atoms with Crippen LogP contribution in [0.5, 0.6) is 0 Å². The molecule has 2 rings (SSSR count). The van der Waals surface area contributed by atoms with E-state index in [1.165, 1.54) is 0 Å². The molecular formula is C12H13ClN2O2. The number of anilines is 1. The summed E-state index contributed by atoms with van der Waals surface area (Å²) in [5.41, 5.74) is 0.861. The quantitative estimate of drug-likeness (QED) is 0.821. The fourth-order valence-corrected chi connectivity index (χ4v) is 2.01. The van der Waals surface area contributed by atoms with Gasteiger partial charge < -0.3 is 10.2 Å². The zero-order valence-electron chi connectivity index (χ0n) is 9.23. The van der Waals surface area contributed by atoms with Gasteiger partial charge in [0.1, 0.15) is 5.88 Å². The van der Waals surface area contributed by atoms with Gasteiger partial charge in [0, 0.05) is 18.7 Å². The first-order valence-electron chi connectivity index (χ1n) is 5.41. The summed E-state index contributed by atoms with van der Waals surface area (Å²) in [6.45, 7) is 0.505. The first kappa shape index (κ1) is 11.9. The maximum atomic E-state index is 11.8. The summed E-state index contributed by atoms with van der Waals surface area (Å²) in [7, 11) is 0. The van der Waals surface area contributed by atoms with Crippen molar-refractivity contribution in [2.45, 2.75) is 12.5 Å². The van der Waals surface area contributed by atoms with Crippen molar-refractivity contribution in [1.29, 1.82) is 0 Å². The molecule has 17 heavy (non-hydrogen) atoms. The Hall–Kier alpha value is -1.55. The number of carbonyl (C=O) groups excluding carboxylic acids is 2. The van der Waals surface area contributed by atoms with E-state index < -0.39 is 0 Å². The molecule has 1 aliphatic heterocycles. The summed E-state index contributed by atoms with van der Waals surface area (Å²) in [4.78, 5) is 24.6. The number of rotatable bonds is 3. The lowest BCUT2D eigenvalue weighted by molar-refractivity contribution is -0.119. The van der Waals surface area contributed by atoms with Crippen molar-refractivity contribution >= 4 is 29.1 Å². The van der Waals surface area contributed by atoms with Crippen molar-refractivity contribution in [2.75, 3.05) is 17.3 Å². The molecule has 1 aliphatic rings. The fraction of sp³-hybridized carbons (Fsp3) is 0.333. The molecule has 0 aliphatic carbocycles. The van der Waals surface area contributed by atoms with E-state index in [1.54, 1.807) is 4.90 Å². The molecule has 1 fully saturated rings. The average Bonchev–Trinajstić information content (AvgIpc) is 2.71. The van der Waals surface area contributed by atoms with Crippen molar-refractivity contribution in [3.8, 4) is 0 Å². The number of nitrogens with one attached hydrogen (secondary N) is 1. The number of benzene rings is 1. The van der Waals surface area contributed by atoms with Crippen LogP contribution in [0, 0.1) is 0 Å². The third-order valence-corrected chi connectivity index (χ3v) is 2.92. The number of alkyl halides is 1. The molecule has 0 saturated carbocycles. The van der Waals surface area contributed by atoms with Gasteiger partial charge >= 0.3 is 0 Å². The van der Waals surface area contributed by atoms with Crippen molar-refractivity contribution in [3.05, 3.63) is 30.3 Å². The van der Waals surface area contributed by atoms with Crippen molar-refractivity contribution in [2.24, 2.45) is 0 Å². The molecule has 1 N–H and O–H groups in total. The summed E-state index contributed by atoms with van der Waals surface area (Å²) >= 11 is 5.41. The number of hydrogen-bond acceptors (Lipinski definition) is 2. The van der Waals surface area contributed by atoms with Crippen molar-refractivity contribution < 1.29 is 9.59 Å². The third kappa shape index (κ3) is 2.77. The monoisotopic (exact) mass is 252 g/mol. The van der Waals surface area contributed by atoms with Gasteiger partial charge in [-0.1, -0.05) is 18.2 Å². The first-order valence-corrected chi connectivity index (χ1v) is 5.95. The number of nitrogens with zero attached hydrogens (tertiary/aromatic N) is 1. The molecule has 5 heteroatoms. The van der Waals surface area contributed by atoms with E-state index in [4.69, 9.17) is 11.6 Å². The van der Waals surface area contributed by atoms with Crippen LogP contribution in [0.3, 0.4) is 0 Å². The smallest absolute Gasteiger partial charge is 0.235 e. The lowest BCUT2D eigenvalue weighted by Gasteiger charge is -2.16. The highest BCUT2D eigenvalue weighted by Gasteiger charge is 2.31. The predicted octanol–water partition coefficient (Wildman–Crippen LogP) is 1.15. The highest BCUT2D eigenvalue weighted by Crippen LogP contribution is 2.20. The topological polar surface area (TPSA) is 49.4 Å². The molecule has 1 saturated heterocycles. The van der Waals surface area contributed by atoms with Crippen LogP contribution in [0.25, 0.3) is 0 Å². The van der Waals surface area contributed by atoms with Gasteiger partial charge in [-0.25, -0.2) is 0 Å². The number of halogens is 1. The highest BCUT2D eigenvalue weighted by molar-refractivity contribution is 6.27. The molecule has 0 aromatic heterocycles. The Morgan fingerprint density at radius 1 is 1.41 bits per heavy atom. The van der Waals surface area contributed by atoms with Crippen LogP contribution < -0.4 is 10.2 Å². The second-order valence-corrected chi connectivity index (χ2v) is 4.21. The standard InChI is InChI=1S/C12H13ClN2O2/c13-7-11(16)14-9-6-12(17)15(8-9)10-4-2-1-3-5-10/h1-5,9H,6-8H2,(H,14,16)/t9-/m0/s1. The van der Waals surface area contributed by atoms with E-state index in [0.29, 0.717) is 13.0 Å².